The van der Waals surface area contributed by atoms with Crippen LogP contribution in [0.25, 0.3) is 0 Å². The average Bonchev–Trinajstić information content (AvgIpc) is 2.63. The van der Waals surface area contributed by atoms with Crippen LogP contribution in [-0.4, -0.2) is 85.3 Å². The Bertz CT molecular complexity index is 285. The van der Waals surface area contributed by atoms with E-state index in [-0.39, 0.29) is 11.5 Å². The van der Waals surface area contributed by atoms with Crippen LogP contribution in [0, 0.1) is 5.41 Å². The minimum absolute atomic E-state index is 0.104. The van der Waals surface area contributed by atoms with Crippen molar-refractivity contribution < 1.29 is 5.11 Å². The molecule has 0 amide bonds. The Balaban J connectivity index is 1.77. The molecule has 1 aliphatic heterocycles. The quantitative estimate of drug-likeness (QED) is 0.814. The second kappa shape index (κ2) is 6.08. The van der Waals surface area contributed by atoms with Gasteiger partial charge in [0.1, 0.15) is 0 Å². The Hall–Kier alpha value is -0.160. The van der Waals surface area contributed by atoms with Gasteiger partial charge in [0.05, 0.1) is 6.10 Å². The molecule has 4 heteroatoms. The second-order valence-electron chi connectivity index (χ2n) is 7.22. The fourth-order valence-corrected chi connectivity index (χ4v) is 3.39. The molecule has 19 heavy (non-hydrogen) atoms. The number of aliphatic hydroxyl groups is 1. The predicted octanol–water partition coefficient (Wildman–Crippen LogP) is 0.715. The predicted molar refractivity (Wildman–Crippen MR) is 79.4 cm³/mol. The van der Waals surface area contributed by atoms with E-state index >= 15 is 0 Å². The molecule has 112 valence electrons. The van der Waals surface area contributed by atoms with Gasteiger partial charge in [-0.1, -0.05) is 13.8 Å². The average molecular weight is 269 g/mol. The van der Waals surface area contributed by atoms with Crippen LogP contribution in [0.15, 0.2) is 0 Å². The lowest BCUT2D eigenvalue weighted by Gasteiger charge is -2.40. The first-order valence-corrected chi connectivity index (χ1v) is 7.69. The van der Waals surface area contributed by atoms with Crippen molar-refractivity contribution in [2.24, 2.45) is 5.41 Å². The molecule has 1 heterocycles. The van der Waals surface area contributed by atoms with Gasteiger partial charge in [-0.2, -0.15) is 0 Å². The number of hydrogen-bond acceptors (Lipinski definition) is 4. The Morgan fingerprint density at radius 2 is 1.79 bits per heavy atom. The summed E-state index contributed by atoms with van der Waals surface area (Å²) in [5.41, 5.74) is 0.104. The second-order valence-corrected chi connectivity index (χ2v) is 7.22. The molecule has 0 aromatic heterocycles. The molecular weight excluding hydrogens is 238 g/mol. The smallest absolute Gasteiger partial charge is 0.0746 e. The van der Waals surface area contributed by atoms with Gasteiger partial charge in [0, 0.05) is 45.3 Å². The lowest BCUT2D eigenvalue weighted by Crippen LogP contribution is -2.54. The number of aliphatic hydroxyl groups excluding tert-OH is 1. The molecule has 2 fully saturated rings. The first-order chi connectivity index (χ1) is 8.90. The molecule has 0 radical (unpaired) electrons. The van der Waals surface area contributed by atoms with Crippen molar-refractivity contribution in [3.63, 3.8) is 0 Å². The van der Waals surface area contributed by atoms with Crippen molar-refractivity contribution in [3.8, 4) is 0 Å². The number of rotatable bonds is 4. The zero-order valence-corrected chi connectivity index (χ0v) is 13.1. The van der Waals surface area contributed by atoms with Gasteiger partial charge in [-0.05, 0) is 32.4 Å². The minimum atomic E-state index is -0.152. The third-order valence-corrected chi connectivity index (χ3v) is 4.99. The highest BCUT2D eigenvalue weighted by Crippen LogP contribution is 2.39. The van der Waals surface area contributed by atoms with Gasteiger partial charge in [-0.15, -0.1) is 0 Å². The van der Waals surface area contributed by atoms with Gasteiger partial charge in [-0.25, -0.2) is 0 Å². The van der Waals surface area contributed by atoms with Crippen molar-refractivity contribution in [1.29, 1.82) is 0 Å². The normalized spacial score (nSPS) is 33.2. The summed E-state index contributed by atoms with van der Waals surface area (Å²) in [6.45, 7) is 11.2. The van der Waals surface area contributed by atoms with Gasteiger partial charge in [0.2, 0.25) is 0 Å². The largest absolute Gasteiger partial charge is 0.391 e. The first-order valence-electron chi connectivity index (χ1n) is 7.69. The summed E-state index contributed by atoms with van der Waals surface area (Å²) < 4.78 is 0. The topological polar surface area (TPSA) is 30.0 Å². The fraction of sp³-hybridized carbons (Fsp3) is 1.00. The van der Waals surface area contributed by atoms with Crippen LogP contribution in [-0.2, 0) is 0 Å². The van der Waals surface area contributed by atoms with Crippen molar-refractivity contribution >= 4 is 0 Å². The number of nitrogens with zero attached hydrogens (tertiary/aromatic N) is 3. The van der Waals surface area contributed by atoms with E-state index in [4.69, 9.17) is 0 Å². The fourth-order valence-electron chi connectivity index (χ4n) is 3.39. The molecule has 4 nitrogen and oxygen atoms in total. The van der Waals surface area contributed by atoms with Crippen molar-refractivity contribution in [3.05, 3.63) is 0 Å². The zero-order valence-electron chi connectivity index (χ0n) is 13.1. The first kappa shape index (κ1) is 15.2. The molecule has 1 aliphatic carbocycles. The van der Waals surface area contributed by atoms with Crippen LogP contribution >= 0.6 is 0 Å². The zero-order chi connectivity index (χ0) is 14.0. The molecule has 2 unspecified atom stereocenters. The van der Waals surface area contributed by atoms with Crippen LogP contribution in [0.2, 0.25) is 0 Å². The lowest BCUT2D eigenvalue weighted by molar-refractivity contribution is -0.00356. The molecule has 0 bridgehead atoms. The van der Waals surface area contributed by atoms with E-state index in [0.717, 1.165) is 45.6 Å². The van der Waals surface area contributed by atoms with Gasteiger partial charge in [-0.3, -0.25) is 9.80 Å². The van der Waals surface area contributed by atoms with E-state index in [0.29, 0.717) is 6.04 Å². The van der Waals surface area contributed by atoms with Crippen LogP contribution in [0.4, 0.5) is 0 Å². The summed E-state index contributed by atoms with van der Waals surface area (Å²) in [5, 5.41) is 10.4. The van der Waals surface area contributed by atoms with E-state index in [1.165, 1.54) is 6.54 Å². The van der Waals surface area contributed by atoms with Crippen molar-refractivity contribution in [2.75, 3.05) is 53.4 Å². The Labute approximate surface area is 118 Å². The molecule has 0 aromatic carbocycles. The van der Waals surface area contributed by atoms with E-state index in [2.05, 4.69) is 42.6 Å². The molecule has 0 aromatic rings. The van der Waals surface area contributed by atoms with E-state index < -0.39 is 0 Å². The molecule has 2 aliphatic rings. The van der Waals surface area contributed by atoms with Crippen LogP contribution < -0.4 is 0 Å². The molecule has 1 saturated heterocycles. The minimum Gasteiger partial charge on any atom is -0.391 e. The van der Waals surface area contributed by atoms with E-state index in [1.54, 1.807) is 0 Å². The highest BCUT2D eigenvalue weighted by atomic mass is 16.3. The van der Waals surface area contributed by atoms with Gasteiger partial charge >= 0.3 is 0 Å². The summed E-state index contributed by atoms with van der Waals surface area (Å²) >= 11 is 0. The third kappa shape index (κ3) is 3.69. The van der Waals surface area contributed by atoms with Crippen molar-refractivity contribution in [2.45, 2.75) is 38.8 Å². The van der Waals surface area contributed by atoms with Gasteiger partial charge < -0.3 is 10.0 Å². The van der Waals surface area contributed by atoms with Gasteiger partial charge in [0.15, 0.2) is 0 Å². The third-order valence-electron chi connectivity index (χ3n) is 4.99. The van der Waals surface area contributed by atoms with E-state index in [1.807, 2.05) is 0 Å². The highest BCUT2D eigenvalue weighted by molar-refractivity contribution is 4.97. The monoisotopic (exact) mass is 269 g/mol. The standard InChI is InChI=1S/C15H31N3O/c1-15(2)6-5-13(14(15)19)18-11-9-17(10-12-18)8-7-16(3)4/h13-14,19H,5-12H2,1-4H3. The summed E-state index contributed by atoms with van der Waals surface area (Å²) in [6.07, 6.45) is 2.16. The van der Waals surface area contributed by atoms with Crippen molar-refractivity contribution in [1.82, 2.24) is 14.7 Å². The molecule has 2 atom stereocenters. The molecular formula is C15H31N3O. The summed E-state index contributed by atoms with van der Waals surface area (Å²) in [7, 11) is 4.26. The molecule has 1 saturated carbocycles. The van der Waals surface area contributed by atoms with Crippen LogP contribution in [0.3, 0.4) is 0 Å². The highest BCUT2D eigenvalue weighted by Gasteiger charge is 2.43. The van der Waals surface area contributed by atoms with Crippen LogP contribution in [0.5, 0.6) is 0 Å². The number of likely N-dealkylation sites (N-methyl/N-ethyl adjacent to an activating group) is 1. The maximum Gasteiger partial charge on any atom is 0.0746 e. The summed E-state index contributed by atoms with van der Waals surface area (Å²) in [5.74, 6) is 0. The summed E-state index contributed by atoms with van der Waals surface area (Å²) in [4.78, 5) is 7.31. The Kier molecular flexibility index (Phi) is 4.88. The van der Waals surface area contributed by atoms with Crippen LogP contribution in [0.1, 0.15) is 26.7 Å². The lowest BCUT2D eigenvalue weighted by atomic mass is 9.88. The SMILES string of the molecule is CN(C)CCN1CCN(C2CCC(C)(C)C2O)CC1. The molecule has 1 N–H and O–H groups in total. The molecule has 0 spiro atoms. The Morgan fingerprint density at radius 1 is 1.16 bits per heavy atom. The summed E-state index contributed by atoms with van der Waals surface area (Å²) in [6, 6.07) is 0.394. The number of hydrogen-bond donors (Lipinski definition) is 1. The van der Waals surface area contributed by atoms with E-state index in [9.17, 15) is 5.11 Å². The van der Waals surface area contributed by atoms with Gasteiger partial charge in [0.25, 0.3) is 0 Å². The maximum atomic E-state index is 10.4. The maximum absolute atomic E-state index is 10.4. The molecule has 2 rings (SSSR count). The number of piperazine rings is 1. The Morgan fingerprint density at radius 3 is 2.26 bits per heavy atom.